The summed E-state index contributed by atoms with van der Waals surface area (Å²) < 4.78 is 0. The smallest absolute Gasteiger partial charge is 0.00222 e. The summed E-state index contributed by atoms with van der Waals surface area (Å²) in [6.45, 7) is 10.9. The van der Waals surface area contributed by atoms with Crippen molar-refractivity contribution >= 4 is 0 Å². The second-order valence-electron chi connectivity index (χ2n) is 5.17. The van der Waals surface area contributed by atoms with Crippen molar-refractivity contribution < 1.29 is 0 Å². The molecule has 0 aliphatic carbocycles. The molecule has 1 rings (SSSR count). The fraction of sp³-hybridized carbons (Fsp3) is 1.00. The van der Waals surface area contributed by atoms with Crippen LogP contribution in [-0.2, 0) is 0 Å². The van der Waals surface area contributed by atoms with E-state index in [-0.39, 0.29) is 0 Å². The standard InChI is InChI=1S/C14H30N2/c1-3-5-6-7-8-10-15-12-14-9-11-16(4-2)13-14/h14-15H,3-13H2,1-2H3. The van der Waals surface area contributed by atoms with Gasteiger partial charge in [-0.2, -0.15) is 0 Å². The highest BCUT2D eigenvalue weighted by atomic mass is 15.1. The summed E-state index contributed by atoms with van der Waals surface area (Å²) in [6, 6.07) is 0. The normalized spacial score (nSPS) is 21.8. The van der Waals surface area contributed by atoms with E-state index >= 15 is 0 Å². The number of unbranched alkanes of at least 4 members (excludes halogenated alkanes) is 4. The Hall–Kier alpha value is -0.0800. The summed E-state index contributed by atoms with van der Waals surface area (Å²) in [7, 11) is 0. The molecular formula is C14H30N2. The summed E-state index contributed by atoms with van der Waals surface area (Å²) in [5.41, 5.74) is 0. The van der Waals surface area contributed by atoms with Crippen LogP contribution >= 0.6 is 0 Å². The van der Waals surface area contributed by atoms with E-state index in [4.69, 9.17) is 0 Å². The highest BCUT2D eigenvalue weighted by molar-refractivity contribution is 4.76. The second kappa shape index (κ2) is 9.00. The molecule has 0 saturated carbocycles. The van der Waals surface area contributed by atoms with Gasteiger partial charge in [-0.05, 0) is 44.9 Å². The Kier molecular flexibility index (Phi) is 7.87. The molecule has 0 aromatic carbocycles. The van der Waals surface area contributed by atoms with Gasteiger partial charge < -0.3 is 10.2 Å². The van der Waals surface area contributed by atoms with Crippen molar-refractivity contribution in [3.05, 3.63) is 0 Å². The molecule has 1 N–H and O–H groups in total. The van der Waals surface area contributed by atoms with Crippen molar-refractivity contribution in [1.82, 2.24) is 10.2 Å². The van der Waals surface area contributed by atoms with Gasteiger partial charge in [-0.15, -0.1) is 0 Å². The summed E-state index contributed by atoms with van der Waals surface area (Å²) in [5.74, 6) is 0.913. The van der Waals surface area contributed by atoms with E-state index in [2.05, 4.69) is 24.1 Å². The van der Waals surface area contributed by atoms with Crippen LogP contribution in [0.1, 0.15) is 52.4 Å². The monoisotopic (exact) mass is 226 g/mol. The topological polar surface area (TPSA) is 15.3 Å². The Morgan fingerprint density at radius 1 is 1.12 bits per heavy atom. The zero-order chi connectivity index (χ0) is 11.6. The number of hydrogen-bond acceptors (Lipinski definition) is 2. The van der Waals surface area contributed by atoms with Crippen LogP contribution in [0.2, 0.25) is 0 Å². The number of rotatable bonds is 9. The SMILES string of the molecule is CCCCCCCNCC1CCN(CC)C1. The molecule has 1 fully saturated rings. The first-order chi connectivity index (χ1) is 7.86. The maximum absolute atomic E-state index is 3.62. The molecule has 2 nitrogen and oxygen atoms in total. The van der Waals surface area contributed by atoms with E-state index in [0.29, 0.717) is 0 Å². The fourth-order valence-corrected chi connectivity index (χ4v) is 2.53. The van der Waals surface area contributed by atoms with Gasteiger partial charge in [-0.3, -0.25) is 0 Å². The lowest BCUT2D eigenvalue weighted by atomic mass is 10.1. The Balaban J connectivity index is 1.84. The molecule has 96 valence electrons. The minimum Gasteiger partial charge on any atom is -0.316 e. The number of hydrogen-bond donors (Lipinski definition) is 1. The average molecular weight is 226 g/mol. The lowest BCUT2D eigenvalue weighted by Crippen LogP contribution is -2.27. The first-order valence-corrected chi connectivity index (χ1v) is 7.29. The van der Waals surface area contributed by atoms with E-state index in [9.17, 15) is 0 Å². The quantitative estimate of drug-likeness (QED) is 0.608. The maximum atomic E-state index is 3.62. The third-order valence-electron chi connectivity index (χ3n) is 3.71. The summed E-state index contributed by atoms with van der Waals surface area (Å²) in [4.78, 5) is 2.56. The van der Waals surface area contributed by atoms with Gasteiger partial charge in [0, 0.05) is 6.54 Å². The van der Waals surface area contributed by atoms with Gasteiger partial charge in [-0.1, -0.05) is 39.5 Å². The van der Waals surface area contributed by atoms with Crippen LogP contribution in [0.3, 0.4) is 0 Å². The molecule has 0 spiro atoms. The van der Waals surface area contributed by atoms with Gasteiger partial charge in [-0.25, -0.2) is 0 Å². The van der Waals surface area contributed by atoms with Crippen LogP contribution in [0.5, 0.6) is 0 Å². The highest BCUT2D eigenvalue weighted by Gasteiger charge is 2.19. The van der Waals surface area contributed by atoms with E-state index in [1.807, 2.05) is 0 Å². The summed E-state index contributed by atoms with van der Waals surface area (Å²) >= 11 is 0. The molecule has 1 saturated heterocycles. The van der Waals surface area contributed by atoms with E-state index in [1.165, 1.54) is 71.2 Å². The molecule has 0 amide bonds. The maximum Gasteiger partial charge on any atom is 0.00222 e. The van der Waals surface area contributed by atoms with E-state index < -0.39 is 0 Å². The van der Waals surface area contributed by atoms with Crippen LogP contribution in [-0.4, -0.2) is 37.6 Å². The lowest BCUT2D eigenvalue weighted by molar-refractivity contribution is 0.338. The lowest BCUT2D eigenvalue weighted by Gasteiger charge is -2.13. The Bertz CT molecular complexity index is 159. The Labute approximate surface area is 102 Å². The van der Waals surface area contributed by atoms with Gasteiger partial charge in [0.05, 0.1) is 0 Å². The molecule has 16 heavy (non-hydrogen) atoms. The molecule has 0 bridgehead atoms. The highest BCUT2D eigenvalue weighted by Crippen LogP contribution is 2.14. The van der Waals surface area contributed by atoms with Crippen LogP contribution < -0.4 is 5.32 Å². The zero-order valence-corrected chi connectivity index (χ0v) is 11.3. The van der Waals surface area contributed by atoms with E-state index in [0.717, 1.165) is 5.92 Å². The molecule has 0 radical (unpaired) electrons. The molecular weight excluding hydrogens is 196 g/mol. The third-order valence-corrected chi connectivity index (χ3v) is 3.71. The second-order valence-corrected chi connectivity index (χ2v) is 5.17. The fourth-order valence-electron chi connectivity index (χ4n) is 2.53. The summed E-state index contributed by atoms with van der Waals surface area (Å²) in [6.07, 6.45) is 8.36. The molecule has 0 aromatic heterocycles. The first kappa shape index (κ1) is 14.0. The van der Waals surface area contributed by atoms with Crippen LogP contribution in [0, 0.1) is 5.92 Å². The van der Waals surface area contributed by atoms with Crippen molar-refractivity contribution in [3.8, 4) is 0 Å². The van der Waals surface area contributed by atoms with Gasteiger partial charge in [0.25, 0.3) is 0 Å². The molecule has 0 aromatic rings. The number of nitrogens with one attached hydrogen (secondary N) is 1. The van der Waals surface area contributed by atoms with Crippen LogP contribution in [0.15, 0.2) is 0 Å². The average Bonchev–Trinajstić information content (AvgIpc) is 2.76. The minimum absolute atomic E-state index is 0.913. The van der Waals surface area contributed by atoms with Gasteiger partial charge in [0.2, 0.25) is 0 Å². The van der Waals surface area contributed by atoms with Gasteiger partial charge >= 0.3 is 0 Å². The van der Waals surface area contributed by atoms with Crippen LogP contribution in [0.4, 0.5) is 0 Å². The van der Waals surface area contributed by atoms with E-state index in [1.54, 1.807) is 0 Å². The van der Waals surface area contributed by atoms with Crippen LogP contribution in [0.25, 0.3) is 0 Å². The first-order valence-electron chi connectivity index (χ1n) is 7.29. The van der Waals surface area contributed by atoms with Gasteiger partial charge in [0.15, 0.2) is 0 Å². The Morgan fingerprint density at radius 2 is 1.94 bits per heavy atom. The largest absolute Gasteiger partial charge is 0.316 e. The third kappa shape index (κ3) is 5.86. The molecule has 1 heterocycles. The van der Waals surface area contributed by atoms with Crippen molar-refractivity contribution in [1.29, 1.82) is 0 Å². The predicted molar refractivity (Wildman–Crippen MR) is 71.8 cm³/mol. The number of likely N-dealkylation sites (tertiary alicyclic amines) is 1. The van der Waals surface area contributed by atoms with Gasteiger partial charge in [0.1, 0.15) is 0 Å². The minimum atomic E-state index is 0.913. The number of nitrogens with zero attached hydrogens (tertiary/aromatic N) is 1. The molecule has 1 aliphatic heterocycles. The summed E-state index contributed by atoms with van der Waals surface area (Å²) in [5, 5.41) is 3.62. The van der Waals surface area contributed by atoms with Crippen molar-refractivity contribution in [3.63, 3.8) is 0 Å². The molecule has 1 unspecified atom stereocenters. The zero-order valence-electron chi connectivity index (χ0n) is 11.3. The van der Waals surface area contributed by atoms with Crippen molar-refractivity contribution in [2.45, 2.75) is 52.4 Å². The molecule has 1 aliphatic rings. The molecule has 1 atom stereocenters. The predicted octanol–water partition coefficient (Wildman–Crippen LogP) is 2.89. The van der Waals surface area contributed by atoms with Crippen molar-refractivity contribution in [2.24, 2.45) is 5.92 Å². The van der Waals surface area contributed by atoms with Crippen molar-refractivity contribution in [2.75, 3.05) is 32.7 Å². The molecule has 2 heteroatoms. The Morgan fingerprint density at radius 3 is 2.62 bits per heavy atom.